The van der Waals surface area contributed by atoms with E-state index in [0.29, 0.717) is 33.7 Å². The second kappa shape index (κ2) is 13.3. The first-order chi connectivity index (χ1) is 19.4. The van der Waals surface area contributed by atoms with Crippen molar-refractivity contribution in [1.29, 1.82) is 0 Å². The highest BCUT2D eigenvalue weighted by Gasteiger charge is 2.22. The quantitative estimate of drug-likeness (QED) is 0.246. The Hall–Kier alpha value is -4.77. The molecule has 11 heteroatoms. The summed E-state index contributed by atoms with van der Waals surface area (Å²) < 4.78 is 16.1. The number of amides is 4. The van der Waals surface area contributed by atoms with Crippen LogP contribution < -0.4 is 20.1 Å². The van der Waals surface area contributed by atoms with Gasteiger partial charge in [-0.05, 0) is 30.3 Å². The number of pyridine rings is 1. The third-order valence-corrected chi connectivity index (χ3v) is 6.21. The molecule has 4 amide bonds. The molecule has 1 aliphatic rings. The molecule has 4 rings (SSSR count). The molecule has 3 aromatic rings. The summed E-state index contributed by atoms with van der Waals surface area (Å²) in [6, 6.07) is 14.6. The van der Waals surface area contributed by atoms with Gasteiger partial charge in [0.2, 0.25) is 5.91 Å². The van der Waals surface area contributed by atoms with Crippen LogP contribution in [0.5, 0.6) is 11.5 Å². The molecule has 0 saturated heterocycles. The number of hydrogen-bond donors (Lipinski definition) is 2. The highest BCUT2D eigenvalue weighted by molar-refractivity contribution is 6.12. The first-order valence-electron chi connectivity index (χ1n) is 12.7. The molecule has 0 spiro atoms. The Labute approximate surface area is 231 Å². The Balaban J connectivity index is 1.28. The third-order valence-electron chi connectivity index (χ3n) is 6.21. The van der Waals surface area contributed by atoms with Crippen molar-refractivity contribution in [3.05, 3.63) is 66.2 Å². The molecule has 1 aliphatic heterocycles. The molecule has 2 N–H and O–H groups in total. The van der Waals surface area contributed by atoms with Gasteiger partial charge in [-0.1, -0.05) is 18.2 Å². The lowest BCUT2D eigenvalue weighted by atomic mass is 10.0. The van der Waals surface area contributed by atoms with E-state index < -0.39 is 0 Å². The molecule has 0 saturated carbocycles. The largest absolute Gasteiger partial charge is 0.493 e. The van der Waals surface area contributed by atoms with E-state index in [0.717, 1.165) is 10.5 Å². The minimum Gasteiger partial charge on any atom is -0.493 e. The van der Waals surface area contributed by atoms with E-state index >= 15 is 0 Å². The SMILES string of the molecule is COc1ccc(-c2cc(C(=O)NCCNC(=O)CCOCCN3C(=O)C=CC3=O)c3ccccc3n2)cc1OC. The van der Waals surface area contributed by atoms with Crippen LogP contribution in [0.4, 0.5) is 0 Å². The van der Waals surface area contributed by atoms with Gasteiger partial charge in [-0.25, -0.2) is 4.98 Å². The number of carbonyl (C=O) groups excluding carboxylic acids is 4. The van der Waals surface area contributed by atoms with Crippen molar-refractivity contribution < 1.29 is 33.4 Å². The standard InChI is InChI=1S/C29H30N4O7/c1-38-24-8-7-19(17-25(24)39-2)23-18-21(20-5-3-4-6-22(20)32-23)29(37)31-13-12-30-26(34)11-15-40-16-14-33-27(35)9-10-28(33)36/h3-10,17-18H,11-16H2,1-2H3,(H,30,34)(H,31,37). The first kappa shape index (κ1) is 28.2. The van der Waals surface area contributed by atoms with Crippen LogP contribution in [0.25, 0.3) is 22.2 Å². The Bertz CT molecular complexity index is 1440. The van der Waals surface area contributed by atoms with Gasteiger partial charge < -0.3 is 24.8 Å². The fourth-order valence-electron chi connectivity index (χ4n) is 4.14. The summed E-state index contributed by atoms with van der Waals surface area (Å²) in [4.78, 5) is 54.0. The lowest BCUT2D eigenvalue weighted by Crippen LogP contribution is -2.35. The van der Waals surface area contributed by atoms with Crippen LogP contribution in [-0.4, -0.2) is 80.6 Å². The highest BCUT2D eigenvalue weighted by Crippen LogP contribution is 2.33. The highest BCUT2D eigenvalue weighted by atomic mass is 16.5. The van der Waals surface area contributed by atoms with Gasteiger partial charge in [0.25, 0.3) is 17.7 Å². The molecule has 0 bridgehead atoms. The van der Waals surface area contributed by atoms with Crippen LogP contribution in [0.15, 0.2) is 60.7 Å². The Morgan fingerprint density at radius 3 is 2.35 bits per heavy atom. The minimum atomic E-state index is -0.370. The topological polar surface area (TPSA) is 136 Å². The summed E-state index contributed by atoms with van der Waals surface area (Å²) >= 11 is 0. The van der Waals surface area contributed by atoms with Crippen LogP contribution in [0.3, 0.4) is 0 Å². The molecule has 11 nitrogen and oxygen atoms in total. The van der Waals surface area contributed by atoms with Gasteiger partial charge in [0.15, 0.2) is 11.5 Å². The van der Waals surface area contributed by atoms with E-state index in [2.05, 4.69) is 10.6 Å². The Morgan fingerprint density at radius 2 is 1.60 bits per heavy atom. The van der Waals surface area contributed by atoms with Gasteiger partial charge in [0, 0.05) is 42.6 Å². The zero-order chi connectivity index (χ0) is 28.5. The number of rotatable bonds is 13. The maximum absolute atomic E-state index is 13.1. The molecule has 208 valence electrons. The van der Waals surface area contributed by atoms with Crippen molar-refractivity contribution in [2.45, 2.75) is 6.42 Å². The van der Waals surface area contributed by atoms with Crippen LogP contribution >= 0.6 is 0 Å². The van der Waals surface area contributed by atoms with E-state index in [1.807, 2.05) is 30.3 Å². The molecule has 40 heavy (non-hydrogen) atoms. The van der Waals surface area contributed by atoms with Crippen LogP contribution in [-0.2, 0) is 19.1 Å². The zero-order valence-electron chi connectivity index (χ0n) is 22.3. The Kier molecular flexibility index (Phi) is 9.42. The lowest BCUT2D eigenvalue weighted by Gasteiger charge is -2.13. The number of aromatic nitrogens is 1. The second-order valence-electron chi connectivity index (χ2n) is 8.77. The van der Waals surface area contributed by atoms with Crippen molar-refractivity contribution in [3.63, 3.8) is 0 Å². The number of carbonyl (C=O) groups is 4. The molecule has 2 heterocycles. The van der Waals surface area contributed by atoms with Crippen LogP contribution in [0.1, 0.15) is 16.8 Å². The minimum absolute atomic E-state index is 0.109. The molecule has 1 aromatic heterocycles. The van der Waals surface area contributed by atoms with Gasteiger partial charge in [0.05, 0.1) is 50.8 Å². The number of benzene rings is 2. The molecule has 0 atom stereocenters. The van der Waals surface area contributed by atoms with Crippen molar-refractivity contribution >= 4 is 34.5 Å². The van der Waals surface area contributed by atoms with Crippen LogP contribution in [0, 0.1) is 0 Å². The molecular formula is C29H30N4O7. The summed E-state index contributed by atoms with van der Waals surface area (Å²) in [6.07, 6.45) is 2.53. The Morgan fingerprint density at radius 1 is 0.875 bits per heavy atom. The third kappa shape index (κ3) is 6.80. The fraction of sp³-hybridized carbons (Fsp3) is 0.276. The molecule has 0 radical (unpaired) electrons. The number of methoxy groups -OCH3 is 2. The number of nitrogens with zero attached hydrogens (tertiary/aromatic N) is 2. The summed E-state index contributed by atoms with van der Waals surface area (Å²) in [5.74, 6) is -0.133. The first-order valence-corrected chi connectivity index (χ1v) is 12.7. The van der Waals surface area contributed by atoms with Gasteiger partial charge in [0.1, 0.15) is 0 Å². The summed E-state index contributed by atoms with van der Waals surface area (Å²) in [5, 5.41) is 6.29. The van der Waals surface area contributed by atoms with Gasteiger partial charge in [-0.3, -0.25) is 24.1 Å². The molecular weight excluding hydrogens is 516 g/mol. The van der Waals surface area contributed by atoms with E-state index in [1.54, 1.807) is 32.4 Å². The van der Waals surface area contributed by atoms with E-state index in [-0.39, 0.29) is 62.9 Å². The van der Waals surface area contributed by atoms with Crippen molar-refractivity contribution in [1.82, 2.24) is 20.5 Å². The summed E-state index contributed by atoms with van der Waals surface area (Å²) in [6.45, 7) is 0.881. The number of nitrogens with one attached hydrogen (secondary N) is 2. The lowest BCUT2D eigenvalue weighted by molar-refractivity contribution is -0.138. The normalized spacial score (nSPS) is 12.6. The molecule has 2 aromatic carbocycles. The maximum Gasteiger partial charge on any atom is 0.253 e. The number of imide groups is 1. The predicted octanol–water partition coefficient (Wildman–Crippen LogP) is 2.10. The van der Waals surface area contributed by atoms with Gasteiger partial charge in [-0.2, -0.15) is 0 Å². The zero-order valence-corrected chi connectivity index (χ0v) is 22.3. The average Bonchev–Trinajstić information content (AvgIpc) is 3.30. The van der Waals surface area contributed by atoms with E-state index in [9.17, 15) is 19.2 Å². The summed E-state index contributed by atoms with van der Waals surface area (Å²) in [5.41, 5.74) is 2.50. The van der Waals surface area contributed by atoms with E-state index in [1.165, 1.54) is 12.2 Å². The number of ether oxygens (including phenoxy) is 3. The molecule has 0 unspecified atom stereocenters. The number of fused-ring (bicyclic) bond motifs is 1. The van der Waals surface area contributed by atoms with E-state index in [4.69, 9.17) is 19.2 Å². The van der Waals surface area contributed by atoms with Gasteiger partial charge in [-0.15, -0.1) is 0 Å². The molecule has 0 aliphatic carbocycles. The monoisotopic (exact) mass is 546 g/mol. The smallest absolute Gasteiger partial charge is 0.253 e. The maximum atomic E-state index is 13.1. The van der Waals surface area contributed by atoms with Gasteiger partial charge >= 0.3 is 0 Å². The van der Waals surface area contributed by atoms with Crippen molar-refractivity contribution in [2.75, 3.05) is 47.1 Å². The second-order valence-corrected chi connectivity index (χ2v) is 8.77. The van der Waals surface area contributed by atoms with Crippen molar-refractivity contribution in [3.8, 4) is 22.8 Å². The van der Waals surface area contributed by atoms with Crippen molar-refractivity contribution in [2.24, 2.45) is 0 Å². The fourth-order valence-corrected chi connectivity index (χ4v) is 4.14. The summed E-state index contributed by atoms with van der Waals surface area (Å²) in [7, 11) is 3.12. The number of para-hydroxylation sites is 1. The predicted molar refractivity (Wildman–Crippen MR) is 147 cm³/mol. The molecule has 0 fully saturated rings. The van der Waals surface area contributed by atoms with Crippen LogP contribution in [0.2, 0.25) is 0 Å². The number of hydrogen-bond acceptors (Lipinski definition) is 8. The average molecular weight is 547 g/mol.